The summed E-state index contributed by atoms with van der Waals surface area (Å²) in [5, 5.41) is 36.2. The van der Waals surface area contributed by atoms with Crippen LogP contribution in [0.3, 0.4) is 0 Å². The molecule has 0 spiro atoms. The first-order chi connectivity index (χ1) is 18.4. The first kappa shape index (κ1) is 24.5. The number of nitrogens with zero attached hydrogens (tertiary/aromatic N) is 6. The van der Waals surface area contributed by atoms with Gasteiger partial charge in [-0.2, -0.15) is 30.3 Å². The zero-order chi connectivity index (χ0) is 26.8. The van der Waals surface area contributed by atoms with Crippen molar-refractivity contribution in [1.29, 1.82) is 10.5 Å². The van der Waals surface area contributed by atoms with E-state index in [9.17, 15) is 23.7 Å². The van der Waals surface area contributed by atoms with Gasteiger partial charge in [0, 0.05) is 23.3 Å². The average molecular weight is 532 g/mol. The number of benzene rings is 2. The smallest absolute Gasteiger partial charge is 0.249 e. The Kier molecular flexibility index (Phi) is 6.47. The van der Waals surface area contributed by atoms with Crippen molar-refractivity contribution in [1.82, 2.24) is 25.4 Å². The SMILES string of the molecule is N#Cc1cc([C@H](Nc2cc(Cl)c3ncc(C#N)c(Nc4cnc(F)c(F)c4)c3c2)c2cn[nH]n2)ccc1F. The maximum absolute atomic E-state index is 14.0. The molecular formula is C25H13ClF3N9. The molecule has 0 aliphatic heterocycles. The second-order valence-electron chi connectivity index (χ2n) is 7.96. The van der Waals surface area contributed by atoms with Gasteiger partial charge in [0.15, 0.2) is 5.82 Å². The highest BCUT2D eigenvalue weighted by Gasteiger charge is 2.21. The summed E-state index contributed by atoms with van der Waals surface area (Å²) in [6, 6.07) is 11.4. The molecular weight excluding hydrogens is 519 g/mol. The maximum Gasteiger partial charge on any atom is 0.249 e. The van der Waals surface area contributed by atoms with E-state index in [1.165, 1.54) is 30.6 Å². The van der Waals surface area contributed by atoms with Gasteiger partial charge in [-0.1, -0.05) is 17.7 Å². The second kappa shape index (κ2) is 10.0. The van der Waals surface area contributed by atoms with E-state index in [1.807, 2.05) is 12.1 Å². The molecule has 1 atom stereocenters. The summed E-state index contributed by atoms with van der Waals surface area (Å²) in [6.45, 7) is 0. The molecule has 5 rings (SSSR count). The van der Waals surface area contributed by atoms with Crippen molar-refractivity contribution in [2.24, 2.45) is 0 Å². The lowest BCUT2D eigenvalue weighted by molar-refractivity contribution is 0.480. The third-order valence-corrected chi connectivity index (χ3v) is 5.88. The fourth-order valence-corrected chi connectivity index (χ4v) is 4.12. The number of aromatic amines is 1. The third kappa shape index (κ3) is 4.64. The number of hydrogen-bond acceptors (Lipinski definition) is 8. The molecule has 0 saturated heterocycles. The van der Waals surface area contributed by atoms with Gasteiger partial charge in [0.25, 0.3) is 0 Å². The number of anilines is 3. The van der Waals surface area contributed by atoms with Crippen LogP contribution >= 0.6 is 11.6 Å². The van der Waals surface area contributed by atoms with Gasteiger partial charge in [0.05, 0.1) is 51.5 Å². The molecule has 13 heteroatoms. The van der Waals surface area contributed by atoms with Gasteiger partial charge in [-0.3, -0.25) is 4.98 Å². The lowest BCUT2D eigenvalue weighted by Crippen LogP contribution is -2.13. The molecule has 0 bridgehead atoms. The Morgan fingerprint density at radius 2 is 1.71 bits per heavy atom. The van der Waals surface area contributed by atoms with Crippen LogP contribution in [0.5, 0.6) is 0 Å². The van der Waals surface area contributed by atoms with E-state index in [-0.39, 0.29) is 27.5 Å². The van der Waals surface area contributed by atoms with E-state index in [2.05, 4.69) is 36.0 Å². The van der Waals surface area contributed by atoms with Gasteiger partial charge in [0.2, 0.25) is 5.95 Å². The number of H-pyrrole nitrogens is 1. The Morgan fingerprint density at radius 1 is 0.895 bits per heavy atom. The summed E-state index contributed by atoms with van der Waals surface area (Å²) in [5.41, 5.74) is 2.03. The Morgan fingerprint density at radius 3 is 2.42 bits per heavy atom. The van der Waals surface area contributed by atoms with E-state index in [0.717, 1.165) is 12.3 Å². The Hall–Kier alpha value is -5.20. The summed E-state index contributed by atoms with van der Waals surface area (Å²) in [4.78, 5) is 7.63. The topological polar surface area (TPSA) is 139 Å². The number of aromatic nitrogens is 5. The molecule has 38 heavy (non-hydrogen) atoms. The summed E-state index contributed by atoms with van der Waals surface area (Å²) in [7, 11) is 0. The second-order valence-corrected chi connectivity index (χ2v) is 8.37. The normalized spacial score (nSPS) is 11.5. The minimum atomic E-state index is -1.26. The van der Waals surface area contributed by atoms with Crippen molar-refractivity contribution in [3.8, 4) is 12.1 Å². The summed E-state index contributed by atoms with van der Waals surface area (Å²) < 4.78 is 41.1. The van der Waals surface area contributed by atoms with Crippen LogP contribution in [0.25, 0.3) is 10.9 Å². The van der Waals surface area contributed by atoms with Crippen LogP contribution in [-0.4, -0.2) is 25.4 Å². The molecule has 9 nitrogen and oxygen atoms in total. The lowest BCUT2D eigenvalue weighted by Gasteiger charge is -2.20. The molecule has 0 aliphatic rings. The molecule has 3 heterocycles. The van der Waals surface area contributed by atoms with Crippen molar-refractivity contribution in [2.45, 2.75) is 6.04 Å². The van der Waals surface area contributed by atoms with E-state index in [1.54, 1.807) is 12.1 Å². The lowest BCUT2D eigenvalue weighted by atomic mass is 10.0. The summed E-state index contributed by atoms with van der Waals surface area (Å²) >= 11 is 6.54. The number of rotatable bonds is 6. The predicted octanol–water partition coefficient (Wildman–Crippen LogP) is 5.51. The number of pyridine rings is 2. The molecule has 0 aliphatic carbocycles. The van der Waals surface area contributed by atoms with Crippen molar-refractivity contribution >= 4 is 39.6 Å². The van der Waals surface area contributed by atoms with Crippen LogP contribution in [0.2, 0.25) is 5.02 Å². The highest BCUT2D eigenvalue weighted by Crippen LogP contribution is 2.36. The van der Waals surface area contributed by atoms with Crippen molar-refractivity contribution in [2.75, 3.05) is 10.6 Å². The quantitative estimate of drug-likeness (QED) is 0.244. The highest BCUT2D eigenvalue weighted by molar-refractivity contribution is 6.36. The molecule has 186 valence electrons. The number of fused-ring (bicyclic) bond motifs is 1. The first-order valence-corrected chi connectivity index (χ1v) is 11.2. The van der Waals surface area contributed by atoms with Crippen LogP contribution in [0, 0.1) is 40.2 Å². The zero-order valence-corrected chi connectivity index (χ0v) is 19.7. The van der Waals surface area contributed by atoms with Gasteiger partial charge < -0.3 is 10.6 Å². The van der Waals surface area contributed by atoms with E-state index in [4.69, 9.17) is 11.6 Å². The van der Waals surface area contributed by atoms with Crippen molar-refractivity contribution in [3.05, 3.63) is 100.0 Å². The van der Waals surface area contributed by atoms with Crippen LogP contribution in [-0.2, 0) is 0 Å². The van der Waals surface area contributed by atoms with Crippen molar-refractivity contribution in [3.63, 3.8) is 0 Å². The standard InChI is InChI=1S/C25H13ClF3N9/c26-18-5-15(35-23(21-11-34-38-37-21)12-1-2-19(27)13(3-12)7-30)4-17-22(14(8-31)9-32-24(17)18)36-16-6-20(28)25(29)33-10-16/h1-6,9-11,23,35H,(H,32,36)(H,34,37,38)/t23-/m0/s1. The molecule has 0 radical (unpaired) electrons. The van der Waals surface area contributed by atoms with Gasteiger partial charge in [-0.25, -0.2) is 13.8 Å². The Bertz CT molecular complexity index is 1760. The molecule has 0 unspecified atom stereocenters. The van der Waals surface area contributed by atoms with Crippen LogP contribution in [0.1, 0.15) is 28.4 Å². The minimum absolute atomic E-state index is 0.0956. The fourth-order valence-electron chi connectivity index (χ4n) is 3.85. The number of hydrogen-bond donors (Lipinski definition) is 3. The average Bonchev–Trinajstić information content (AvgIpc) is 3.45. The van der Waals surface area contributed by atoms with Gasteiger partial charge >= 0.3 is 0 Å². The minimum Gasteiger partial charge on any atom is -0.373 e. The maximum atomic E-state index is 14.0. The number of nitriles is 2. The third-order valence-electron chi connectivity index (χ3n) is 5.60. The Balaban J connectivity index is 1.62. The fraction of sp³-hybridized carbons (Fsp3) is 0.0400. The van der Waals surface area contributed by atoms with Crippen LogP contribution < -0.4 is 10.6 Å². The van der Waals surface area contributed by atoms with Crippen molar-refractivity contribution < 1.29 is 13.2 Å². The highest BCUT2D eigenvalue weighted by atomic mass is 35.5. The molecule has 2 aromatic carbocycles. The predicted molar refractivity (Wildman–Crippen MR) is 132 cm³/mol. The van der Waals surface area contributed by atoms with E-state index >= 15 is 0 Å². The first-order valence-electron chi connectivity index (χ1n) is 10.8. The Labute approximate surface area is 217 Å². The molecule has 0 amide bonds. The molecule has 5 aromatic rings. The largest absolute Gasteiger partial charge is 0.373 e. The monoisotopic (exact) mass is 531 g/mol. The summed E-state index contributed by atoms with van der Waals surface area (Å²) in [6.07, 6.45) is 3.85. The number of nitrogens with one attached hydrogen (secondary N) is 3. The number of halogens is 4. The zero-order valence-electron chi connectivity index (χ0n) is 19.0. The molecule has 3 aromatic heterocycles. The van der Waals surface area contributed by atoms with E-state index in [0.29, 0.717) is 27.8 Å². The molecule has 0 saturated carbocycles. The van der Waals surface area contributed by atoms with Crippen LogP contribution in [0.4, 0.5) is 30.2 Å². The molecule has 3 N–H and O–H groups in total. The summed E-state index contributed by atoms with van der Waals surface area (Å²) in [5.74, 6) is -3.09. The van der Waals surface area contributed by atoms with Gasteiger partial charge in [0.1, 0.15) is 23.6 Å². The van der Waals surface area contributed by atoms with E-state index < -0.39 is 23.6 Å². The van der Waals surface area contributed by atoms with Gasteiger partial charge in [-0.15, -0.1) is 0 Å². The van der Waals surface area contributed by atoms with Crippen LogP contribution in [0.15, 0.2) is 55.0 Å². The van der Waals surface area contributed by atoms with Gasteiger partial charge in [-0.05, 0) is 29.8 Å². The molecule has 0 fully saturated rings.